The van der Waals surface area contributed by atoms with Crippen molar-refractivity contribution in [2.24, 2.45) is 0 Å². The van der Waals surface area contributed by atoms with Gasteiger partial charge in [-0.25, -0.2) is 0 Å². The van der Waals surface area contributed by atoms with Crippen molar-refractivity contribution in [1.29, 1.82) is 0 Å². The Bertz CT molecular complexity index is 796. The maximum atomic E-state index is 12.6. The molecule has 0 aromatic heterocycles. The third-order valence-electron chi connectivity index (χ3n) is 3.79. The third-order valence-corrected chi connectivity index (χ3v) is 4.09. The molecule has 0 saturated carbocycles. The van der Waals surface area contributed by atoms with Crippen molar-refractivity contribution in [3.63, 3.8) is 0 Å². The Hall–Kier alpha value is -2.44. The second-order valence-corrected chi connectivity index (χ2v) is 6.69. The van der Waals surface area contributed by atoms with Crippen molar-refractivity contribution in [1.82, 2.24) is 4.90 Å². The van der Waals surface area contributed by atoms with Gasteiger partial charge in [-0.3, -0.25) is 4.79 Å². The van der Waals surface area contributed by atoms with Crippen LogP contribution in [0.5, 0.6) is 17.2 Å². The molecule has 2 aromatic carbocycles. The lowest BCUT2D eigenvalue weighted by atomic mass is 10.1. The van der Waals surface area contributed by atoms with Gasteiger partial charge in [0.25, 0.3) is 5.91 Å². The van der Waals surface area contributed by atoms with Crippen LogP contribution >= 0.6 is 11.6 Å². The molecule has 0 atom stereocenters. The molecule has 0 bridgehead atoms. The quantitative estimate of drug-likeness (QED) is 0.636. The topological polar surface area (TPSA) is 60.0 Å². The van der Waals surface area contributed by atoms with Crippen LogP contribution in [-0.4, -0.2) is 51.3 Å². The summed E-state index contributed by atoms with van der Waals surface area (Å²) in [5.41, 5.74) is 1.05. The van der Waals surface area contributed by atoms with E-state index in [0.29, 0.717) is 53.3 Å². The van der Waals surface area contributed by atoms with Gasteiger partial charge < -0.3 is 24.4 Å². The number of hydrogen-bond acceptors (Lipinski definition) is 5. The molecule has 1 amide bonds. The van der Waals surface area contributed by atoms with Crippen LogP contribution < -0.4 is 19.5 Å². The molecule has 2 aromatic rings. The molecule has 0 saturated heterocycles. The summed E-state index contributed by atoms with van der Waals surface area (Å²) in [7, 11) is 3.95. The molecule has 0 unspecified atom stereocenters. The fraction of sp³-hybridized carbons (Fsp3) is 0.381. The van der Waals surface area contributed by atoms with Gasteiger partial charge >= 0.3 is 0 Å². The average Bonchev–Trinajstić information content (AvgIpc) is 2.65. The van der Waals surface area contributed by atoms with Gasteiger partial charge in [0.2, 0.25) is 0 Å². The van der Waals surface area contributed by atoms with Crippen LogP contribution in [0.4, 0.5) is 5.69 Å². The maximum Gasteiger partial charge on any atom is 0.255 e. The van der Waals surface area contributed by atoms with E-state index in [2.05, 4.69) is 5.32 Å². The zero-order chi connectivity index (χ0) is 20.5. The minimum atomic E-state index is -0.263. The molecule has 7 heteroatoms. The molecular weight excluding hydrogens is 380 g/mol. The first-order valence-corrected chi connectivity index (χ1v) is 9.60. The summed E-state index contributed by atoms with van der Waals surface area (Å²) in [5.74, 6) is 1.48. The van der Waals surface area contributed by atoms with Crippen molar-refractivity contribution in [2.45, 2.75) is 13.8 Å². The van der Waals surface area contributed by atoms with Gasteiger partial charge in [-0.05, 0) is 64.3 Å². The molecule has 28 heavy (non-hydrogen) atoms. The Balaban J connectivity index is 2.07. The summed E-state index contributed by atoms with van der Waals surface area (Å²) < 4.78 is 16.8. The number of amides is 1. The van der Waals surface area contributed by atoms with E-state index < -0.39 is 0 Å². The number of hydrogen-bond donors (Lipinski definition) is 1. The zero-order valence-corrected chi connectivity index (χ0v) is 17.5. The lowest BCUT2D eigenvalue weighted by Gasteiger charge is -2.14. The molecule has 0 heterocycles. The first-order chi connectivity index (χ1) is 13.4. The molecule has 1 N–H and O–H groups in total. The van der Waals surface area contributed by atoms with E-state index in [1.54, 1.807) is 36.4 Å². The van der Waals surface area contributed by atoms with Crippen LogP contribution in [0.25, 0.3) is 0 Å². The first-order valence-electron chi connectivity index (χ1n) is 9.22. The Labute approximate surface area is 171 Å². The van der Waals surface area contributed by atoms with Crippen molar-refractivity contribution in [2.75, 3.05) is 45.8 Å². The SMILES string of the molecule is CCOc1ccc(C(=O)Nc2ccc(OCCN(C)C)c(Cl)c2)cc1OCC. The number of anilines is 1. The standard InChI is InChI=1S/C21H27ClN2O4/c1-5-26-19-9-7-15(13-20(19)27-6-2)21(25)23-16-8-10-18(17(22)14-16)28-12-11-24(3)4/h7-10,13-14H,5-6,11-12H2,1-4H3,(H,23,25). The number of rotatable bonds is 10. The van der Waals surface area contributed by atoms with E-state index >= 15 is 0 Å². The summed E-state index contributed by atoms with van der Waals surface area (Å²) in [6, 6.07) is 10.3. The summed E-state index contributed by atoms with van der Waals surface area (Å²) in [5, 5.41) is 3.28. The highest BCUT2D eigenvalue weighted by molar-refractivity contribution is 6.32. The van der Waals surface area contributed by atoms with Gasteiger partial charge in [-0.2, -0.15) is 0 Å². The fourth-order valence-electron chi connectivity index (χ4n) is 2.43. The number of benzene rings is 2. The number of carbonyl (C=O) groups excluding carboxylic acids is 1. The number of halogens is 1. The monoisotopic (exact) mass is 406 g/mol. The number of ether oxygens (including phenoxy) is 3. The second-order valence-electron chi connectivity index (χ2n) is 6.28. The van der Waals surface area contributed by atoms with Crippen LogP contribution in [0, 0.1) is 0 Å². The summed E-state index contributed by atoms with van der Waals surface area (Å²) in [4.78, 5) is 14.6. The van der Waals surface area contributed by atoms with Crippen LogP contribution in [0.2, 0.25) is 5.02 Å². The van der Waals surface area contributed by atoms with E-state index in [1.807, 2.05) is 32.8 Å². The summed E-state index contributed by atoms with van der Waals surface area (Å²) in [6.07, 6.45) is 0. The van der Waals surface area contributed by atoms with Crippen molar-refractivity contribution >= 4 is 23.2 Å². The van der Waals surface area contributed by atoms with Gasteiger partial charge in [0.1, 0.15) is 12.4 Å². The van der Waals surface area contributed by atoms with Crippen LogP contribution in [0.3, 0.4) is 0 Å². The van der Waals surface area contributed by atoms with Crippen LogP contribution in [-0.2, 0) is 0 Å². The number of nitrogens with zero attached hydrogens (tertiary/aromatic N) is 1. The highest BCUT2D eigenvalue weighted by Crippen LogP contribution is 2.30. The largest absolute Gasteiger partial charge is 0.491 e. The molecular formula is C21H27ClN2O4. The van der Waals surface area contributed by atoms with E-state index in [0.717, 1.165) is 6.54 Å². The third kappa shape index (κ3) is 6.32. The smallest absolute Gasteiger partial charge is 0.255 e. The van der Waals surface area contributed by atoms with Crippen LogP contribution in [0.1, 0.15) is 24.2 Å². The minimum Gasteiger partial charge on any atom is -0.491 e. The number of nitrogens with one attached hydrogen (secondary N) is 1. The van der Waals surface area contributed by atoms with E-state index in [-0.39, 0.29) is 5.91 Å². The second kappa shape index (κ2) is 10.8. The predicted octanol–water partition coefficient (Wildman–Crippen LogP) is 4.33. The minimum absolute atomic E-state index is 0.263. The number of carbonyl (C=O) groups is 1. The highest BCUT2D eigenvalue weighted by atomic mass is 35.5. The van der Waals surface area contributed by atoms with Gasteiger partial charge in [0.15, 0.2) is 11.5 Å². The van der Waals surface area contributed by atoms with E-state index in [9.17, 15) is 4.79 Å². The van der Waals surface area contributed by atoms with Crippen molar-refractivity contribution in [3.8, 4) is 17.2 Å². The normalized spacial score (nSPS) is 10.6. The number of likely N-dealkylation sites (N-methyl/N-ethyl adjacent to an activating group) is 1. The molecule has 0 aliphatic heterocycles. The van der Waals surface area contributed by atoms with E-state index in [1.165, 1.54) is 0 Å². The molecule has 0 fully saturated rings. The summed E-state index contributed by atoms with van der Waals surface area (Å²) in [6.45, 7) is 6.10. The Morgan fingerprint density at radius 2 is 1.64 bits per heavy atom. The van der Waals surface area contributed by atoms with Crippen molar-refractivity contribution in [3.05, 3.63) is 47.0 Å². The lowest BCUT2D eigenvalue weighted by molar-refractivity contribution is 0.102. The predicted molar refractivity (Wildman–Crippen MR) is 112 cm³/mol. The average molecular weight is 407 g/mol. The molecule has 0 spiro atoms. The molecule has 0 aliphatic carbocycles. The zero-order valence-electron chi connectivity index (χ0n) is 16.8. The Morgan fingerprint density at radius 3 is 2.29 bits per heavy atom. The highest BCUT2D eigenvalue weighted by Gasteiger charge is 2.13. The first kappa shape index (κ1) is 21.9. The van der Waals surface area contributed by atoms with E-state index in [4.69, 9.17) is 25.8 Å². The molecule has 152 valence electrons. The Morgan fingerprint density at radius 1 is 0.964 bits per heavy atom. The summed E-state index contributed by atoms with van der Waals surface area (Å²) >= 11 is 6.27. The Kier molecular flexibility index (Phi) is 8.42. The van der Waals surface area contributed by atoms with Crippen LogP contribution in [0.15, 0.2) is 36.4 Å². The molecule has 2 rings (SSSR count). The van der Waals surface area contributed by atoms with Gasteiger partial charge in [0, 0.05) is 17.8 Å². The van der Waals surface area contributed by atoms with Gasteiger partial charge in [-0.15, -0.1) is 0 Å². The molecule has 0 aliphatic rings. The fourth-order valence-corrected chi connectivity index (χ4v) is 2.66. The van der Waals surface area contributed by atoms with Gasteiger partial charge in [0.05, 0.1) is 18.2 Å². The lowest BCUT2D eigenvalue weighted by Crippen LogP contribution is -2.19. The maximum absolute atomic E-state index is 12.6. The van der Waals surface area contributed by atoms with Gasteiger partial charge in [-0.1, -0.05) is 11.6 Å². The molecule has 0 radical (unpaired) electrons. The molecule has 6 nitrogen and oxygen atoms in total. The van der Waals surface area contributed by atoms with Crippen molar-refractivity contribution < 1.29 is 19.0 Å².